The molecule has 2 heterocycles. The Kier molecular flexibility index (Phi) is 9.22. The van der Waals surface area contributed by atoms with Crippen LogP contribution in [0.2, 0.25) is 0 Å². The van der Waals surface area contributed by atoms with Crippen LogP contribution in [0.25, 0.3) is 0 Å². The summed E-state index contributed by atoms with van der Waals surface area (Å²) in [5, 5.41) is 0. The lowest BCUT2D eigenvalue weighted by Crippen LogP contribution is -2.49. The van der Waals surface area contributed by atoms with Crippen LogP contribution in [0.4, 0.5) is 0 Å². The van der Waals surface area contributed by atoms with E-state index in [0.717, 1.165) is 44.9 Å². The Balaban J connectivity index is 0.00000156. The first-order valence-electron chi connectivity index (χ1n) is 8.96. The fourth-order valence-electron chi connectivity index (χ4n) is 3.90. The van der Waals surface area contributed by atoms with Gasteiger partial charge in [0.2, 0.25) is 5.91 Å². The number of nitrogens with two attached hydrogens (primary N) is 1. The summed E-state index contributed by atoms with van der Waals surface area (Å²) in [5.41, 5.74) is 7.36. The number of halogens is 2. The molecular weight excluding hydrogens is 357 g/mol. The molecule has 2 fully saturated rings. The summed E-state index contributed by atoms with van der Waals surface area (Å²) in [6.45, 7) is 5.68. The summed E-state index contributed by atoms with van der Waals surface area (Å²) in [5.74, 6) is 1.01. The first-order valence-corrected chi connectivity index (χ1v) is 8.96. The monoisotopic (exact) mass is 387 g/mol. The lowest BCUT2D eigenvalue weighted by Gasteiger charge is -2.36. The quantitative estimate of drug-likeness (QED) is 0.863. The van der Waals surface area contributed by atoms with Crippen molar-refractivity contribution in [2.24, 2.45) is 11.7 Å². The van der Waals surface area contributed by atoms with Gasteiger partial charge in [-0.1, -0.05) is 30.3 Å². The zero-order valence-electron chi connectivity index (χ0n) is 15.0. The van der Waals surface area contributed by atoms with Gasteiger partial charge < -0.3 is 10.6 Å². The highest BCUT2D eigenvalue weighted by atomic mass is 35.5. The molecule has 2 N–H and O–H groups in total. The molecule has 0 saturated carbocycles. The maximum absolute atomic E-state index is 12.6. The van der Waals surface area contributed by atoms with Crippen molar-refractivity contribution in [3.05, 3.63) is 35.9 Å². The molecule has 3 rings (SSSR count). The zero-order chi connectivity index (χ0) is 16.2. The van der Waals surface area contributed by atoms with Crippen LogP contribution in [0.15, 0.2) is 30.3 Å². The summed E-state index contributed by atoms with van der Waals surface area (Å²) in [6, 6.07) is 10.9. The summed E-state index contributed by atoms with van der Waals surface area (Å²) in [4.78, 5) is 16.9. The van der Waals surface area contributed by atoms with Crippen molar-refractivity contribution >= 4 is 30.7 Å². The molecule has 1 aromatic carbocycles. The second-order valence-electron chi connectivity index (χ2n) is 7.18. The second-order valence-corrected chi connectivity index (χ2v) is 7.18. The van der Waals surface area contributed by atoms with Gasteiger partial charge in [0.15, 0.2) is 0 Å². The summed E-state index contributed by atoms with van der Waals surface area (Å²) >= 11 is 0. The Labute approximate surface area is 163 Å². The molecule has 0 radical (unpaired) electrons. The van der Waals surface area contributed by atoms with E-state index in [1.54, 1.807) is 0 Å². The van der Waals surface area contributed by atoms with Crippen molar-refractivity contribution in [1.82, 2.24) is 9.80 Å². The Morgan fingerprint density at radius 3 is 2.32 bits per heavy atom. The van der Waals surface area contributed by atoms with E-state index in [2.05, 4.69) is 42.2 Å². The molecule has 2 saturated heterocycles. The Morgan fingerprint density at radius 1 is 1.12 bits per heavy atom. The van der Waals surface area contributed by atoms with E-state index < -0.39 is 0 Å². The van der Waals surface area contributed by atoms with E-state index in [0.29, 0.717) is 0 Å². The van der Waals surface area contributed by atoms with E-state index >= 15 is 0 Å². The molecule has 0 aliphatic carbocycles. The molecule has 25 heavy (non-hydrogen) atoms. The van der Waals surface area contributed by atoms with Crippen LogP contribution in [0.5, 0.6) is 0 Å². The van der Waals surface area contributed by atoms with E-state index in [1.807, 2.05) is 4.90 Å². The molecule has 0 aromatic heterocycles. The lowest BCUT2D eigenvalue weighted by molar-refractivity contribution is -0.135. The molecular formula is C19H31Cl2N3O. The molecule has 1 amide bonds. The smallest absolute Gasteiger partial charge is 0.239 e. The van der Waals surface area contributed by atoms with Gasteiger partial charge in [-0.3, -0.25) is 9.69 Å². The van der Waals surface area contributed by atoms with Crippen LogP contribution in [0.3, 0.4) is 0 Å². The number of benzene rings is 1. The number of carbonyl (C=O) groups excluding carboxylic acids is 1. The fourth-order valence-corrected chi connectivity index (χ4v) is 3.90. The van der Waals surface area contributed by atoms with Crippen LogP contribution in [0, 0.1) is 5.92 Å². The van der Waals surface area contributed by atoms with Crippen LogP contribution in [-0.4, -0.2) is 54.0 Å². The fraction of sp³-hybridized carbons (Fsp3) is 0.632. The van der Waals surface area contributed by atoms with Crippen LogP contribution in [-0.2, 0) is 11.2 Å². The van der Waals surface area contributed by atoms with Gasteiger partial charge in [-0.05, 0) is 57.2 Å². The number of hydrogen-bond acceptors (Lipinski definition) is 3. The van der Waals surface area contributed by atoms with E-state index in [-0.39, 0.29) is 42.8 Å². The summed E-state index contributed by atoms with van der Waals surface area (Å²) in [7, 11) is 0. The SMILES string of the molecule is CC(C(=O)N1CC[C@@H](N)C1)N1CCC(Cc2ccccc2)CC1.Cl.Cl. The molecule has 1 unspecified atom stereocenters. The van der Waals surface area contributed by atoms with Crippen LogP contribution in [0.1, 0.15) is 31.7 Å². The van der Waals surface area contributed by atoms with E-state index in [9.17, 15) is 4.79 Å². The minimum absolute atomic E-state index is 0. The number of nitrogens with zero attached hydrogens (tertiary/aromatic N) is 2. The topological polar surface area (TPSA) is 49.6 Å². The highest BCUT2D eigenvalue weighted by Gasteiger charge is 2.32. The molecule has 4 nitrogen and oxygen atoms in total. The highest BCUT2D eigenvalue weighted by Crippen LogP contribution is 2.23. The molecule has 6 heteroatoms. The predicted molar refractivity (Wildman–Crippen MR) is 108 cm³/mol. The molecule has 2 aliphatic rings. The predicted octanol–water partition coefficient (Wildman–Crippen LogP) is 2.73. The van der Waals surface area contributed by atoms with Crippen molar-refractivity contribution in [3.8, 4) is 0 Å². The van der Waals surface area contributed by atoms with Gasteiger partial charge in [0.05, 0.1) is 6.04 Å². The first kappa shape index (κ1) is 22.2. The summed E-state index contributed by atoms with van der Waals surface area (Å²) in [6.07, 6.45) is 4.48. The molecule has 0 spiro atoms. The minimum atomic E-state index is -0.00187. The molecule has 2 aliphatic heterocycles. The largest absolute Gasteiger partial charge is 0.340 e. The van der Waals surface area contributed by atoms with Crippen LogP contribution >= 0.6 is 24.8 Å². The third kappa shape index (κ3) is 5.85. The third-order valence-corrected chi connectivity index (χ3v) is 5.46. The second kappa shape index (κ2) is 10.4. The third-order valence-electron chi connectivity index (χ3n) is 5.46. The van der Waals surface area contributed by atoms with Crippen molar-refractivity contribution < 1.29 is 4.79 Å². The normalized spacial score (nSPS) is 22.8. The number of likely N-dealkylation sites (tertiary alicyclic amines) is 2. The zero-order valence-corrected chi connectivity index (χ0v) is 16.6. The molecule has 2 atom stereocenters. The first-order chi connectivity index (χ1) is 11.1. The molecule has 142 valence electrons. The maximum Gasteiger partial charge on any atom is 0.239 e. The minimum Gasteiger partial charge on any atom is -0.340 e. The van der Waals surface area contributed by atoms with Crippen LogP contribution < -0.4 is 5.73 Å². The Hall–Kier alpha value is -0.810. The Morgan fingerprint density at radius 2 is 1.76 bits per heavy atom. The number of hydrogen-bond donors (Lipinski definition) is 1. The van der Waals surface area contributed by atoms with Gasteiger partial charge in [-0.25, -0.2) is 0 Å². The lowest BCUT2D eigenvalue weighted by atomic mass is 9.89. The van der Waals surface area contributed by atoms with Crippen molar-refractivity contribution in [2.75, 3.05) is 26.2 Å². The standard InChI is InChI=1S/C19H29N3O.2ClH/c1-15(19(23)22-12-9-18(20)14-22)21-10-7-17(8-11-21)13-16-5-3-2-4-6-16;;/h2-6,15,17-18H,7-14,20H2,1H3;2*1H/t15?,18-;;/m1../s1. The van der Waals surface area contributed by atoms with Gasteiger partial charge in [-0.15, -0.1) is 24.8 Å². The van der Waals surface area contributed by atoms with Crippen molar-refractivity contribution in [3.63, 3.8) is 0 Å². The number of rotatable bonds is 4. The highest BCUT2D eigenvalue weighted by molar-refractivity contribution is 5.85. The molecule has 1 aromatic rings. The number of carbonyl (C=O) groups is 1. The average molecular weight is 388 g/mol. The average Bonchev–Trinajstić information content (AvgIpc) is 3.02. The number of amides is 1. The molecule has 0 bridgehead atoms. The Bertz CT molecular complexity index is 521. The van der Waals surface area contributed by atoms with Gasteiger partial charge in [0, 0.05) is 19.1 Å². The maximum atomic E-state index is 12.6. The van der Waals surface area contributed by atoms with Gasteiger partial charge in [0.1, 0.15) is 0 Å². The van der Waals surface area contributed by atoms with Crippen molar-refractivity contribution in [1.29, 1.82) is 0 Å². The van der Waals surface area contributed by atoms with Gasteiger partial charge in [0.25, 0.3) is 0 Å². The van der Waals surface area contributed by atoms with Gasteiger partial charge >= 0.3 is 0 Å². The van der Waals surface area contributed by atoms with Gasteiger partial charge in [-0.2, -0.15) is 0 Å². The summed E-state index contributed by atoms with van der Waals surface area (Å²) < 4.78 is 0. The van der Waals surface area contributed by atoms with E-state index in [1.165, 1.54) is 18.4 Å². The number of piperidine rings is 1. The van der Waals surface area contributed by atoms with Crippen molar-refractivity contribution in [2.45, 2.75) is 44.7 Å². The van der Waals surface area contributed by atoms with E-state index in [4.69, 9.17) is 5.73 Å².